The Balaban J connectivity index is 1.73. The third-order valence-electron chi connectivity index (χ3n) is 5.98. The molecule has 138 valence electrons. The number of fused-ring (bicyclic) bond motifs is 1. The monoisotopic (exact) mass is 353 g/mol. The Kier molecular flexibility index (Phi) is 4.77. The maximum atomic E-state index is 10.0. The van der Waals surface area contributed by atoms with Crippen LogP contribution in [0.1, 0.15) is 31.2 Å². The summed E-state index contributed by atoms with van der Waals surface area (Å²) in [7, 11) is 3.32. The molecule has 1 saturated heterocycles. The number of benzene rings is 1. The molecule has 0 saturated carbocycles. The first-order chi connectivity index (χ1) is 12.7. The number of aliphatic hydroxyl groups is 1. The topological polar surface area (TPSA) is 41.9 Å². The fraction of sp³-hybridized carbons (Fsp3) is 0.455. The first-order valence-corrected chi connectivity index (χ1v) is 9.45. The molecule has 26 heavy (non-hydrogen) atoms. The van der Waals surface area contributed by atoms with Crippen molar-refractivity contribution in [1.29, 1.82) is 0 Å². The van der Waals surface area contributed by atoms with Crippen molar-refractivity contribution in [1.82, 2.24) is 4.90 Å². The predicted octanol–water partition coefficient (Wildman–Crippen LogP) is 4.31. The first-order valence-electron chi connectivity index (χ1n) is 9.45. The number of allylic oxidation sites excluding steroid dienone is 2. The van der Waals surface area contributed by atoms with E-state index in [1.807, 2.05) is 18.2 Å². The van der Waals surface area contributed by atoms with E-state index in [1.165, 1.54) is 36.1 Å². The van der Waals surface area contributed by atoms with Crippen molar-refractivity contribution in [2.24, 2.45) is 5.92 Å². The van der Waals surface area contributed by atoms with Crippen LogP contribution in [0.15, 0.2) is 53.5 Å². The van der Waals surface area contributed by atoms with E-state index in [4.69, 9.17) is 9.47 Å². The van der Waals surface area contributed by atoms with Crippen molar-refractivity contribution < 1.29 is 14.6 Å². The molecule has 2 atom stereocenters. The fourth-order valence-electron chi connectivity index (χ4n) is 4.54. The Hall–Kier alpha value is -2.20. The molecule has 3 aliphatic rings. The molecular weight excluding hydrogens is 326 g/mol. The summed E-state index contributed by atoms with van der Waals surface area (Å²) >= 11 is 0. The molecule has 2 unspecified atom stereocenters. The van der Waals surface area contributed by atoms with Crippen molar-refractivity contribution in [2.45, 2.75) is 31.7 Å². The van der Waals surface area contributed by atoms with Gasteiger partial charge >= 0.3 is 0 Å². The third-order valence-corrected chi connectivity index (χ3v) is 5.98. The molecule has 0 spiro atoms. The second-order valence-electron chi connectivity index (χ2n) is 7.37. The van der Waals surface area contributed by atoms with Crippen molar-refractivity contribution in [3.05, 3.63) is 59.1 Å². The van der Waals surface area contributed by atoms with Crippen LogP contribution < -0.4 is 4.74 Å². The zero-order chi connectivity index (χ0) is 18.1. The molecule has 4 heteroatoms. The van der Waals surface area contributed by atoms with E-state index in [1.54, 1.807) is 14.2 Å². The minimum Gasteiger partial charge on any atom is -0.504 e. The van der Waals surface area contributed by atoms with Crippen LogP contribution in [0.2, 0.25) is 0 Å². The van der Waals surface area contributed by atoms with E-state index in [0.29, 0.717) is 11.8 Å². The van der Waals surface area contributed by atoms with E-state index >= 15 is 0 Å². The number of hydrogen-bond acceptors (Lipinski definition) is 4. The average molecular weight is 353 g/mol. The standard InChI is InChI=1S/C22H27NO3/c1-25-18-8-5-15(6-9-18)19-13-17-4-3-11-23(17)14-20(19)16-7-10-21(24)22(12-16)26-2/h5-6,8-10,12,16-17,24H,3-4,7,11,13-14H2,1-2H3. The van der Waals surface area contributed by atoms with Gasteiger partial charge in [0.1, 0.15) is 5.75 Å². The van der Waals surface area contributed by atoms with Gasteiger partial charge in [-0.3, -0.25) is 4.90 Å². The highest BCUT2D eigenvalue weighted by Gasteiger charge is 2.34. The van der Waals surface area contributed by atoms with Gasteiger partial charge in [0.25, 0.3) is 0 Å². The van der Waals surface area contributed by atoms with Crippen LogP contribution in [-0.2, 0) is 4.74 Å². The van der Waals surface area contributed by atoms with E-state index in [2.05, 4.69) is 23.1 Å². The molecule has 0 radical (unpaired) electrons. The van der Waals surface area contributed by atoms with Gasteiger partial charge in [-0.25, -0.2) is 0 Å². The van der Waals surface area contributed by atoms with Crippen molar-refractivity contribution >= 4 is 5.57 Å². The van der Waals surface area contributed by atoms with Crippen LogP contribution in [0, 0.1) is 5.92 Å². The lowest BCUT2D eigenvalue weighted by molar-refractivity contribution is 0.242. The molecule has 2 heterocycles. The van der Waals surface area contributed by atoms with Gasteiger partial charge < -0.3 is 14.6 Å². The van der Waals surface area contributed by atoms with Crippen LogP contribution in [0.4, 0.5) is 0 Å². The molecular formula is C22H27NO3. The highest BCUT2D eigenvalue weighted by molar-refractivity contribution is 5.72. The van der Waals surface area contributed by atoms with Crippen LogP contribution >= 0.6 is 0 Å². The predicted molar refractivity (Wildman–Crippen MR) is 103 cm³/mol. The Labute approximate surface area is 155 Å². The molecule has 1 fully saturated rings. The van der Waals surface area contributed by atoms with Crippen LogP contribution in [0.3, 0.4) is 0 Å². The molecule has 1 aliphatic carbocycles. The summed E-state index contributed by atoms with van der Waals surface area (Å²) in [5.41, 5.74) is 4.22. The van der Waals surface area contributed by atoms with Gasteiger partial charge in [0.15, 0.2) is 11.5 Å². The summed E-state index contributed by atoms with van der Waals surface area (Å²) in [6, 6.07) is 9.11. The van der Waals surface area contributed by atoms with Gasteiger partial charge in [-0.2, -0.15) is 0 Å². The molecule has 0 bridgehead atoms. The van der Waals surface area contributed by atoms with E-state index in [0.717, 1.165) is 25.1 Å². The summed E-state index contributed by atoms with van der Waals surface area (Å²) in [6.07, 6.45) is 8.48. The van der Waals surface area contributed by atoms with Crippen molar-refractivity contribution in [3.63, 3.8) is 0 Å². The Morgan fingerprint density at radius 1 is 1.12 bits per heavy atom. The summed E-state index contributed by atoms with van der Waals surface area (Å²) in [4.78, 5) is 2.63. The van der Waals surface area contributed by atoms with Gasteiger partial charge in [-0.05, 0) is 73.2 Å². The van der Waals surface area contributed by atoms with E-state index < -0.39 is 0 Å². The SMILES string of the molecule is COC1=CC(C2=C(c3ccc(OC)cc3)CC3CCCN3C2)CC=C1O. The molecule has 4 rings (SSSR count). The van der Waals surface area contributed by atoms with Gasteiger partial charge in [0, 0.05) is 18.5 Å². The van der Waals surface area contributed by atoms with Crippen molar-refractivity contribution in [3.8, 4) is 5.75 Å². The molecule has 4 nitrogen and oxygen atoms in total. The van der Waals surface area contributed by atoms with Crippen LogP contribution in [0.5, 0.6) is 5.75 Å². The zero-order valence-corrected chi connectivity index (χ0v) is 15.6. The third kappa shape index (κ3) is 3.14. The van der Waals surface area contributed by atoms with Gasteiger partial charge in [0.05, 0.1) is 14.2 Å². The van der Waals surface area contributed by atoms with E-state index in [9.17, 15) is 5.11 Å². The molecule has 1 aromatic carbocycles. The van der Waals surface area contributed by atoms with Gasteiger partial charge in [-0.1, -0.05) is 12.1 Å². The Morgan fingerprint density at radius 2 is 1.92 bits per heavy atom. The molecule has 0 amide bonds. The second kappa shape index (κ2) is 7.20. The van der Waals surface area contributed by atoms with E-state index in [-0.39, 0.29) is 11.7 Å². The number of nitrogens with zero attached hydrogens (tertiary/aromatic N) is 1. The number of hydrogen-bond donors (Lipinski definition) is 1. The first kappa shape index (κ1) is 17.2. The zero-order valence-electron chi connectivity index (χ0n) is 15.6. The lowest BCUT2D eigenvalue weighted by atomic mass is 9.80. The lowest BCUT2D eigenvalue weighted by Gasteiger charge is -2.36. The smallest absolute Gasteiger partial charge is 0.156 e. The minimum absolute atomic E-state index is 0.255. The minimum atomic E-state index is 0.255. The Morgan fingerprint density at radius 3 is 2.65 bits per heavy atom. The number of aliphatic hydroxyl groups excluding tert-OH is 1. The van der Waals surface area contributed by atoms with Crippen LogP contribution in [-0.4, -0.2) is 43.4 Å². The highest BCUT2D eigenvalue weighted by atomic mass is 16.5. The van der Waals surface area contributed by atoms with Crippen LogP contribution in [0.25, 0.3) is 5.57 Å². The summed E-state index contributed by atoms with van der Waals surface area (Å²) < 4.78 is 10.7. The largest absolute Gasteiger partial charge is 0.504 e. The number of methoxy groups -OCH3 is 2. The maximum Gasteiger partial charge on any atom is 0.156 e. The summed E-state index contributed by atoms with van der Waals surface area (Å²) in [5.74, 6) is 2.01. The summed E-state index contributed by atoms with van der Waals surface area (Å²) in [5, 5.41) is 10.0. The quantitative estimate of drug-likeness (QED) is 0.876. The van der Waals surface area contributed by atoms with Gasteiger partial charge in [0.2, 0.25) is 0 Å². The molecule has 0 aromatic heterocycles. The Bertz CT molecular complexity index is 760. The molecule has 2 aliphatic heterocycles. The summed E-state index contributed by atoms with van der Waals surface area (Å²) in [6.45, 7) is 2.21. The number of rotatable bonds is 4. The molecule has 1 aromatic rings. The average Bonchev–Trinajstić information content (AvgIpc) is 3.15. The fourth-order valence-corrected chi connectivity index (χ4v) is 4.54. The number of ether oxygens (including phenoxy) is 2. The normalized spacial score (nSPS) is 26.2. The lowest BCUT2D eigenvalue weighted by Crippen LogP contribution is -2.37. The second-order valence-corrected chi connectivity index (χ2v) is 7.37. The van der Waals surface area contributed by atoms with Gasteiger partial charge in [-0.15, -0.1) is 0 Å². The maximum absolute atomic E-state index is 10.0. The molecule has 1 N–H and O–H groups in total. The van der Waals surface area contributed by atoms with Crippen molar-refractivity contribution in [2.75, 3.05) is 27.3 Å². The highest BCUT2D eigenvalue weighted by Crippen LogP contribution is 2.41.